The molecule has 0 saturated heterocycles. The standard InChI is InChI=1S/C15H12F3N3O2/c16-15(17,18)14(23)20-8-10-3-1-5-12(7-10)21-13(22)11-4-2-6-19-9-11/h1-7,9H,8H2,(H,20,23)(H,21,22). The van der Waals surface area contributed by atoms with Gasteiger partial charge in [-0.1, -0.05) is 12.1 Å². The molecule has 0 atom stereocenters. The molecule has 0 aliphatic carbocycles. The van der Waals surface area contributed by atoms with Crippen LogP contribution in [-0.4, -0.2) is 23.0 Å². The second-order valence-corrected chi connectivity index (χ2v) is 4.58. The minimum absolute atomic E-state index is 0.297. The quantitative estimate of drug-likeness (QED) is 0.908. The van der Waals surface area contributed by atoms with Crippen molar-refractivity contribution in [3.63, 3.8) is 0 Å². The third kappa shape index (κ3) is 4.80. The average Bonchev–Trinajstić information content (AvgIpc) is 2.53. The van der Waals surface area contributed by atoms with E-state index in [4.69, 9.17) is 0 Å². The Kier molecular flexibility index (Phi) is 4.95. The van der Waals surface area contributed by atoms with Crippen molar-refractivity contribution in [3.8, 4) is 0 Å². The van der Waals surface area contributed by atoms with E-state index in [9.17, 15) is 22.8 Å². The van der Waals surface area contributed by atoms with Crippen molar-refractivity contribution < 1.29 is 22.8 Å². The number of rotatable bonds is 4. The van der Waals surface area contributed by atoms with Crippen LogP contribution in [0.1, 0.15) is 15.9 Å². The summed E-state index contributed by atoms with van der Waals surface area (Å²) in [7, 11) is 0. The lowest BCUT2D eigenvalue weighted by atomic mass is 10.2. The highest BCUT2D eigenvalue weighted by molar-refractivity contribution is 6.04. The number of alkyl halides is 3. The van der Waals surface area contributed by atoms with Crippen LogP contribution in [0.15, 0.2) is 48.8 Å². The molecule has 8 heteroatoms. The number of hydrogen-bond donors (Lipinski definition) is 2. The van der Waals surface area contributed by atoms with E-state index in [-0.39, 0.29) is 6.54 Å². The zero-order chi connectivity index (χ0) is 16.9. The molecule has 2 amide bonds. The van der Waals surface area contributed by atoms with Crippen LogP contribution in [-0.2, 0) is 11.3 Å². The Morgan fingerprint density at radius 2 is 1.91 bits per heavy atom. The molecule has 2 aromatic rings. The Balaban J connectivity index is 2.00. The average molecular weight is 323 g/mol. The van der Waals surface area contributed by atoms with Crippen molar-refractivity contribution >= 4 is 17.5 Å². The lowest BCUT2D eigenvalue weighted by Gasteiger charge is -2.10. The van der Waals surface area contributed by atoms with Gasteiger partial charge < -0.3 is 10.6 Å². The van der Waals surface area contributed by atoms with Crippen LogP contribution in [0.25, 0.3) is 0 Å². The minimum atomic E-state index is -4.92. The van der Waals surface area contributed by atoms with Gasteiger partial charge in [-0.3, -0.25) is 14.6 Å². The molecule has 1 aromatic heterocycles. The molecule has 0 bridgehead atoms. The summed E-state index contributed by atoms with van der Waals surface area (Å²) in [6.45, 7) is -0.297. The van der Waals surface area contributed by atoms with Gasteiger partial charge in [0, 0.05) is 24.6 Å². The SMILES string of the molecule is O=C(Nc1cccc(CNC(=O)C(F)(F)F)c1)c1cccnc1. The third-order valence-corrected chi connectivity index (χ3v) is 2.82. The minimum Gasteiger partial charge on any atom is -0.344 e. The van der Waals surface area contributed by atoms with Gasteiger partial charge in [-0.15, -0.1) is 0 Å². The van der Waals surface area contributed by atoms with E-state index in [1.165, 1.54) is 24.5 Å². The number of nitrogens with zero attached hydrogens (tertiary/aromatic N) is 1. The second kappa shape index (κ2) is 6.91. The Hall–Kier alpha value is -2.90. The molecule has 0 radical (unpaired) electrons. The van der Waals surface area contributed by atoms with E-state index < -0.39 is 18.0 Å². The Bertz CT molecular complexity index is 703. The lowest BCUT2D eigenvalue weighted by Crippen LogP contribution is -2.36. The molecule has 120 valence electrons. The van der Waals surface area contributed by atoms with E-state index in [1.807, 2.05) is 0 Å². The highest BCUT2D eigenvalue weighted by atomic mass is 19.4. The maximum Gasteiger partial charge on any atom is 0.471 e. The Morgan fingerprint density at radius 3 is 2.57 bits per heavy atom. The van der Waals surface area contributed by atoms with E-state index in [1.54, 1.807) is 29.6 Å². The first-order chi connectivity index (χ1) is 10.9. The lowest BCUT2D eigenvalue weighted by molar-refractivity contribution is -0.173. The molecule has 1 heterocycles. The third-order valence-electron chi connectivity index (χ3n) is 2.82. The van der Waals surface area contributed by atoms with Crippen molar-refractivity contribution in [2.45, 2.75) is 12.7 Å². The number of hydrogen-bond acceptors (Lipinski definition) is 3. The number of carbonyl (C=O) groups is 2. The van der Waals surface area contributed by atoms with Crippen LogP contribution in [0, 0.1) is 0 Å². The predicted octanol–water partition coefficient (Wildman–Crippen LogP) is 2.51. The van der Waals surface area contributed by atoms with Gasteiger partial charge in [0.2, 0.25) is 0 Å². The van der Waals surface area contributed by atoms with Crippen LogP contribution in [0.2, 0.25) is 0 Å². The first-order valence-electron chi connectivity index (χ1n) is 6.51. The second-order valence-electron chi connectivity index (χ2n) is 4.58. The fourth-order valence-corrected chi connectivity index (χ4v) is 1.74. The van der Waals surface area contributed by atoms with Crippen LogP contribution >= 0.6 is 0 Å². The van der Waals surface area contributed by atoms with Gasteiger partial charge in [0.15, 0.2) is 0 Å². The van der Waals surface area contributed by atoms with E-state index in [0.717, 1.165) is 0 Å². The van der Waals surface area contributed by atoms with E-state index in [0.29, 0.717) is 16.8 Å². The summed E-state index contributed by atoms with van der Waals surface area (Å²) in [4.78, 5) is 26.5. The molecule has 0 fully saturated rings. The number of halogens is 3. The van der Waals surface area contributed by atoms with Gasteiger partial charge in [0.05, 0.1) is 5.56 Å². The smallest absolute Gasteiger partial charge is 0.344 e. The summed E-state index contributed by atoms with van der Waals surface area (Å²) in [5, 5.41) is 4.37. The summed E-state index contributed by atoms with van der Waals surface area (Å²) in [6, 6.07) is 9.35. The van der Waals surface area contributed by atoms with Crippen LogP contribution < -0.4 is 10.6 Å². The van der Waals surface area contributed by atoms with E-state index >= 15 is 0 Å². The highest BCUT2D eigenvalue weighted by Crippen LogP contribution is 2.16. The zero-order valence-electron chi connectivity index (χ0n) is 11.7. The van der Waals surface area contributed by atoms with Gasteiger partial charge in [-0.25, -0.2) is 0 Å². The molecule has 2 N–H and O–H groups in total. The van der Waals surface area contributed by atoms with Gasteiger partial charge in [-0.05, 0) is 29.8 Å². The van der Waals surface area contributed by atoms with Crippen molar-refractivity contribution in [1.29, 1.82) is 0 Å². The summed E-state index contributed by atoms with van der Waals surface area (Å²) < 4.78 is 36.3. The monoisotopic (exact) mass is 323 g/mol. The van der Waals surface area contributed by atoms with Gasteiger partial charge in [0.25, 0.3) is 5.91 Å². The molecular formula is C15H12F3N3O2. The zero-order valence-corrected chi connectivity index (χ0v) is 11.7. The molecule has 0 unspecified atom stereocenters. The van der Waals surface area contributed by atoms with Crippen LogP contribution in [0.4, 0.5) is 18.9 Å². The number of amides is 2. The number of pyridine rings is 1. The summed E-state index contributed by atoms with van der Waals surface area (Å²) >= 11 is 0. The topological polar surface area (TPSA) is 71.1 Å². The van der Waals surface area contributed by atoms with Gasteiger partial charge in [-0.2, -0.15) is 13.2 Å². The molecule has 0 aliphatic heterocycles. The molecule has 0 spiro atoms. The Labute approximate surface area is 129 Å². The number of nitrogens with one attached hydrogen (secondary N) is 2. The highest BCUT2D eigenvalue weighted by Gasteiger charge is 2.38. The molecule has 2 rings (SSSR count). The summed E-state index contributed by atoms with van der Waals surface area (Å²) in [5.74, 6) is -2.41. The number of aromatic nitrogens is 1. The number of anilines is 1. The van der Waals surface area contributed by atoms with Crippen LogP contribution in [0.3, 0.4) is 0 Å². The molecule has 0 saturated carbocycles. The molecule has 1 aromatic carbocycles. The maximum absolute atomic E-state index is 12.1. The molecule has 0 aliphatic rings. The maximum atomic E-state index is 12.1. The Morgan fingerprint density at radius 1 is 1.13 bits per heavy atom. The summed E-state index contributed by atoms with van der Waals surface area (Å²) in [5.41, 5.74) is 1.17. The van der Waals surface area contributed by atoms with Crippen molar-refractivity contribution in [2.24, 2.45) is 0 Å². The first-order valence-corrected chi connectivity index (χ1v) is 6.51. The van der Waals surface area contributed by atoms with Crippen LogP contribution in [0.5, 0.6) is 0 Å². The summed E-state index contributed by atoms with van der Waals surface area (Å²) in [6.07, 6.45) is -2.00. The van der Waals surface area contributed by atoms with Crippen molar-refractivity contribution in [2.75, 3.05) is 5.32 Å². The van der Waals surface area contributed by atoms with Gasteiger partial charge in [0.1, 0.15) is 0 Å². The number of carbonyl (C=O) groups excluding carboxylic acids is 2. The predicted molar refractivity (Wildman–Crippen MR) is 76.5 cm³/mol. The fraction of sp³-hybridized carbons (Fsp3) is 0.133. The van der Waals surface area contributed by atoms with E-state index in [2.05, 4.69) is 10.3 Å². The van der Waals surface area contributed by atoms with Gasteiger partial charge >= 0.3 is 12.1 Å². The largest absolute Gasteiger partial charge is 0.471 e. The van der Waals surface area contributed by atoms with Crippen molar-refractivity contribution in [3.05, 3.63) is 59.9 Å². The molecule has 5 nitrogen and oxygen atoms in total. The first kappa shape index (κ1) is 16.5. The van der Waals surface area contributed by atoms with Crippen molar-refractivity contribution in [1.82, 2.24) is 10.3 Å². The molecule has 23 heavy (non-hydrogen) atoms. The fourth-order valence-electron chi connectivity index (χ4n) is 1.74. The molecular weight excluding hydrogens is 311 g/mol. The normalized spacial score (nSPS) is 10.9. The number of benzene rings is 1.